The Kier molecular flexibility index (Phi) is 4.41. The van der Waals surface area contributed by atoms with E-state index in [9.17, 15) is 5.11 Å². The molecule has 1 aromatic carbocycles. The highest BCUT2D eigenvalue weighted by Gasteiger charge is 2.05. The van der Waals surface area contributed by atoms with Gasteiger partial charge in [-0.15, -0.1) is 6.58 Å². The summed E-state index contributed by atoms with van der Waals surface area (Å²) in [5, 5.41) is 9.80. The number of aliphatic hydroxyl groups excluding tert-OH is 1. The Bertz CT molecular complexity index is 274. The monoisotopic (exact) mass is 190 g/mol. The molecule has 0 aliphatic carbocycles. The van der Waals surface area contributed by atoms with Gasteiger partial charge in [-0.3, -0.25) is 0 Å². The van der Waals surface area contributed by atoms with Gasteiger partial charge < -0.3 is 5.11 Å². The van der Waals surface area contributed by atoms with Gasteiger partial charge in [-0.25, -0.2) is 0 Å². The Morgan fingerprint density at radius 1 is 1.36 bits per heavy atom. The summed E-state index contributed by atoms with van der Waals surface area (Å²) in [6.45, 7) is 5.71. The van der Waals surface area contributed by atoms with E-state index >= 15 is 0 Å². The number of benzene rings is 1. The molecule has 0 aliphatic rings. The van der Waals surface area contributed by atoms with E-state index in [1.807, 2.05) is 37.3 Å². The summed E-state index contributed by atoms with van der Waals surface area (Å²) in [6, 6.07) is 8.06. The molecule has 14 heavy (non-hydrogen) atoms. The van der Waals surface area contributed by atoms with Crippen molar-refractivity contribution in [1.82, 2.24) is 0 Å². The van der Waals surface area contributed by atoms with Crippen molar-refractivity contribution >= 4 is 0 Å². The van der Waals surface area contributed by atoms with Crippen LogP contribution in [0, 0.1) is 6.92 Å². The standard InChI is InChI=1S/C13H18O/c1-3-4-5-6-13(14)12-9-7-11(2)8-10-12/h3,7-10,13-14H,1,4-6H2,2H3/t13-/m1/s1. The lowest BCUT2D eigenvalue weighted by atomic mass is 10.0. The fourth-order valence-corrected chi connectivity index (χ4v) is 1.41. The fraction of sp³-hybridized carbons (Fsp3) is 0.385. The summed E-state index contributed by atoms with van der Waals surface area (Å²) in [6.07, 6.45) is 4.36. The average Bonchev–Trinajstić information content (AvgIpc) is 2.19. The maximum Gasteiger partial charge on any atom is 0.0790 e. The van der Waals surface area contributed by atoms with Crippen molar-refractivity contribution in [2.75, 3.05) is 0 Å². The van der Waals surface area contributed by atoms with Crippen LogP contribution in [0.1, 0.15) is 36.5 Å². The van der Waals surface area contributed by atoms with Crippen molar-refractivity contribution in [1.29, 1.82) is 0 Å². The molecule has 76 valence electrons. The van der Waals surface area contributed by atoms with Crippen molar-refractivity contribution in [3.05, 3.63) is 48.0 Å². The van der Waals surface area contributed by atoms with Crippen LogP contribution in [0.3, 0.4) is 0 Å². The Balaban J connectivity index is 2.47. The van der Waals surface area contributed by atoms with Crippen LogP contribution in [-0.4, -0.2) is 5.11 Å². The van der Waals surface area contributed by atoms with Gasteiger partial charge in [0.2, 0.25) is 0 Å². The largest absolute Gasteiger partial charge is 0.388 e. The molecule has 0 unspecified atom stereocenters. The third kappa shape index (κ3) is 3.35. The van der Waals surface area contributed by atoms with Crippen molar-refractivity contribution < 1.29 is 5.11 Å². The van der Waals surface area contributed by atoms with Crippen LogP contribution in [0.15, 0.2) is 36.9 Å². The smallest absolute Gasteiger partial charge is 0.0790 e. The van der Waals surface area contributed by atoms with E-state index in [-0.39, 0.29) is 6.10 Å². The maximum atomic E-state index is 9.80. The number of hydrogen-bond acceptors (Lipinski definition) is 1. The van der Waals surface area contributed by atoms with E-state index < -0.39 is 0 Å². The molecule has 0 fully saturated rings. The lowest BCUT2D eigenvalue weighted by Crippen LogP contribution is -1.96. The molecule has 1 rings (SSSR count). The van der Waals surface area contributed by atoms with Gasteiger partial charge in [0.25, 0.3) is 0 Å². The first-order chi connectivity index (χ1) is 6.74. The lowest BCUT2D eigenvalue weighted by Gasteiger charge is -2.10. The predicted molar refractivity (Wildman–Crippen MR) is 60.2 cm³/mol. The average molecular weight is 190 g/mol. The number of allylic oxidation sites excluding steroid dienone is 1. The number of rotatable bonds is 5. The zero-order chi connectivity index (χ0) is 10.4. The highest BCUT2D eigenvalue weighted by Crippen LogP contribution is 2.19. The Morgan fingerprint density at radius 2 is 2.00 bits per heavy atom. The minimum absolute atomic E-state index is 0.324. The van der Waals surface area contributed by atoms with Crippen LogP contribution >= 0.6 is 0 Å². The Hall–Kier alpha value is -1.08. The number of aryl methyl sites for hydroxylation is 1. The molecular formula is C13H18O. The van der Waals surface area contributed by atoms with Gasteiger partial charge in [0.1, 0.15) is 0 Å². The highest BCUT2D eigenvalue weighted by molar-refractivity contribution is 5.22. The molecule has 1 aromatic rings. The molecule has 0 radical (unpaired) electrons. The van der Waals surface area contributed by atoms with Crippen molar-refractivity contribution in [2.24, 2.45) is 0 Å². The van der Waals surface area contributed by atoms with Gasteiger partial charge in [0.05, 0.1) is 6.10 Å². The van der Waals surface area contributed by atoms with Crippen LogP contribution in [0.5, 0.6) is 0 Å². The number of hydrogen-bond donors (Lipinski definition) is 1. The summed E-state index contributed by atoms with van der Waals surface area (Å²) in [5.41, 5.74) is 2.24. The van der Waals surface area contributed by atoms with E-state index in [2.05, 4.69) is 6.58 Å². The quantitative estimate of drug-likeness (QED) is 0.557. The summed E-state index contributed by atoms with van der Waals surface area (Å²) in [7, 11) is 0. The van der Waals surface area contributed by atoms with Crippen LogP contribution in [0.4, 0.5) is 0 Å². The van der Waals surface area contributed by atoms with E-state index in [1.54, 1.807) is 0 Å². The third-order valence-electron chi connectivity index (χ3n) is 2.35. The molecule has 0 saturated heterocycles. The van der Waals surface area contributed by atoms with E-state index in [0.717, 1.165) is 24.8 Å². The van der Waals surface area contributed by atoms with Crippen molar-refractivity contribution in [2.45, 2.75) is 32.3 Å². The van der Waals surface area contributed by atoms with Gasteiger partial charge in [0.15, 0.2) is 0 Å². The van der Waals surface area contributed by atoms with Crippen LogP contribution < -0.4 is 0 Å². The first-order valence-corrected chi connectivity index (χ1v) is 5.09. The molecule has 0 aliphatic heterocycles. The molecule has 1 heteroatoms. The van der Waals surface area contributed by atoms with Crippen molar-refractivity contribution in [3.8, 4) is 0 Å². The van der Waals surface area contributed by atoms with Crippen LogP contribution in [0.25, 0.3) is 0 Å². The van der Waals surface area contributed by atoms with Gasteiger partial charge >= 0.3 is 0 Å². The Morgan fingerprint density at radius 3 is 2.57 bits per heavy atom. The minimum atomic E-state index is -0.324. The molecule has 0 amide bonds. The minimum Gasteiger partial charge on any atom is -0.388 e. The second-order valence-electron chi connectivity index (χ2n) is 3.65. The van der Waals surface area contributed by atoms with Crippen molar-refractivity contribution in [3.63, 3.8) is 0 Å². The first-order valence-electron chi connectivity index (χ1n) is 5.09. The number of unbranched alkanes of at least 4 members (excludes halogenated alkanes) is 1. The molecule has 0 heterocycles. The topological polar surface area (TPSA) is 20.2 Å². The Labute approximate surface area is 86.1 Å². The lowest BCUT2D eigenvalue weighted by molar-refractivity contribution is 0.165. The molecule has 0 saturated carbocycles. The van der Waals surface area contributed by atoms with Gasteiger partial charge in [-0.1, -0.05) is 35.9 Å². The van der Waals surface area contributed by atoms with Crippen LogP contribution in [0.2, 0.25) is 0 Å². The molecule has 0 bridgehead atoms. The molecule has 1 nitrogen and oxygen atoms in total. The van der Waals surface area contributed by atoms with E-state index in [4.69, 9.17) is 0 Å². The molecule has 1 atom stereocenters. The summed E-state index contributed by atoms with van der Waals surface area (Å²) in [4.78, 5) is 0. The highest BCUT2D eigenvalue weighted by atomic mass is 16.3. The first kappa shape index (κ1) is 11.0. The summed E-state index contributed by atoms with van der Waals surface area (Å²) < 4.78 is 0. The molecular weight excluding hydrogens is 172 g/mol. The molecule has 0 spiro atoms. The third-order valence-corrected chi connectivity index (χ3v) is 2.35. The van der Waals surface area contributed by atoms with E-state index in [0.29, 0.717) is 0 Å². The van der Waals surface area contributed by atoms with Gasteiger partial charge in [0, 0.05) is 0 Å². The molecule has 1 N–H and O–H groups in total. The maximum absolute atomic E-state index is 9.80. The predicted octanol–water partition coefficient (Wildman–Crippen LogP) is 3.38. The second kappa shape index (κ2) is 5.61. The van der Waals surface area contributed by atoms with Gasteiger partial charge in [-0.05, 0) is 31.7 Å². The summed E-state index contributed by atoms with van der Waals surface area (Å²) in [5.74, 6) is 0. The summed E-state index contributed by atoms with van der Waals surface area (Å²) >= 11 is 0. The molecule has 0 aromatic heterocycles. The van der Waals surface area contributed by atoms with Gasteiger partial charge in [-0.2, -0.15) is 0 Å². The van der Waals surface area contributed by atoms with E-state index in [1.165, 1.54) is 5.56 Å². The zero-order valence-electron chi connectivity index (χ0n) is 8.74. The fourth-order valence-electron chi connectivity index (χ4n) is 1.41. The van der Waals surface area contributed by atoms with Crippen LogP contribution in [-0.2, 0) is 0 Å². The normalized spacial score (nSPS) is 12.4. The SMILES string of the molecule is C=CCCC[C@@H](O)c1ccc(C)cc1. The second-order valence-corrected chi connectivity index (χ2v) is 3.65. The zero-order valence-corrected chi connectivity index (χ0v) is 8.74. The number of aliphatic hydroxyl groups is 1.